The van der Waals surface area contributed by atoms with Crippen molar-refractivity contribution in [3.8, 4) is 0 Å². The average Bonchev–Trinajstić information content (AvgIpc) is 3.24. The van der Waals surface area contributed by atoms with Crippen LogP contribution in [0.5, 0.6) is 0 Å². The first-order valence-electron chi connectivity index (χ1n) is 9.59. The Bertz CT molecular complexity index is 1010. The maximum atomic E-state index is 13.2. The maximum Gasteiger partial charge on any atom is 0.342 e. The normalized spacial score (nSPS) is 13.7. The van der Waals surface area contributed by atoms with Crippen LogP contribution in [0.3, 0.4) is 0 Å². The summed E-state index contributed by atoms with van der Waals surface area (Å²) in [5.74, 6) is -2.23. The van der Waals surface area contributed by atoms with Gasteiger partial charge < -0.3 is 15.4 Å². The Morgan fingerprint density at radius 3 is 2.53 bits per heavy atom. The quantitative estimate of drug-likeness (QED) is 0.616. The predicted octanol–water partition coefficient (Wildman–Crippen LogP) is 4.81. The van der Waals surface area contributed by atoms with Crippen molar-refractivity contribution in [3.05, 3.63) is 45.0 Å². The van der Waals surface area contributed by atoms with E-state index in [0.717, 1.165) is 41.8 Å². The van der Waals surface area contributed by atoms with E-state index in [-0.39, 0.29) is 22.5 Å². The highest BCUT2D eigenvalue weighted by Crippen LogP contribution is 2.40. The molecule has 160 valence electrons. The van der Waals surface area contributed by atoms with Crippen LogP contribution in [0.2, 0.25) is 5.02 Å². The van der Waals surface area contributed by atoms with Crippen molar-refractivity contribution in [2.45, 2.75) is 46.1 Å². The smallest absolute Gasteiger partial charge is 0.342 e. The number of benzene rings is 1. The number of halogens is 2. The summed E-state index contributed by atoms with van der Waals surface area (Å²) >= 11 is 7.30. The fourth-order valence-electron chi connectivity index (χ4n) is 3.06. The molecule has 0 saturated carbocycles. The third-order valence-corrected chi connectivity index (χ3v) is 6.25. The zero-order chi connectivity index (χ0) is 22.0. The maximum absolute atomic E-state index is 13.2. The molecule has 0 fully saturated rings. The molecule has 30 heavy (non-hydrogen) atoms. The topological polar surface area (TPSA) is 84.5 Å². The second-order valence-electron chi connectivity index (χ2n) is 7.37. The summed E-state index contributed by atoms with van der Waals surface area (Å²) < 4.78 is 18.6. The van der Waals surface area contributed by atoms with E-state index in [4.69, 9.17) is 16.3 Å². The van der Waals surface area contributed by atoms with Gasteiger partial charge in [0.2, 0.25) is 5.91 Å². The second-order valence-corrected chi connectivity index (χ2v) is 8.88. The minimum Gasteiger partial charge on any atom is -0.449 e. The van der Waals surface area contributed by atoms with E-state index in [0.29, 0.717) is 10.6 Å². The van der Waals surface area contributed by atoms with Gasteiger partial charge in [-0.15, -0.1) is 11.3 Å². The third-order valence-electron chi connectivity index (χ3n) is 4.73. The Morgan fingerprint density at radius 1 is 1.13 bits per heavy atom. The average molecular weight is 453 g/mol. The fraction of sp³-hybridized carbons (Fsp3) is 0.381. The summed E-state index contributed by atoms with van der Waals surface area (Å²) in [6, 6.07) is 3.57. The first kappa shape index (κ1) is 22.2. The molecule has 9 heteroatoms. The third kappa shape index (κ3) is 4.82. The van der Waals surface area contributed by atoms with Crippen LogP contribution < -0.4 is 10.6 Å². The Hall–Kier alpha value is -2.45. The van der Waals surface area contributed by atoms with E-state index in [1.807, 2.05) is 0 Å². The lowest BCUT2D eigenvalue weighted by atomic mass is 10.1. The SMILES string of the molecule is CC(C)C(=O)Nc1sc2c(c1C(=O)OC(C)C(=O)Nc1ccc(F)cc1Cl)CCC2. The largest absolute Gasteiger partial charge is 0.449 e. The number of anilines is 2. The minimum absolute atomic E-state index is 0.0382. The van der Waals surface area contributed by atoms with E-state index in [2.05, 4.69) is 10.6 Å². The molecule has 3 rings (SSSR count). The van der Waals surface area contributed by atoms with Crippen LogP contribution in [0.4, 0.5) is 15.1 Å². The molecule has 0 radical (unpaired) electrons. The van der Waals surface area contributed by atoms with Gasteiger partial charge in [-0.2, -0.15) is 0 Å². The van der Waals surface area contributed by atoms with Crippen molar-refractivity contribution in [2.24, 2.45) is 5.92 Å². The number of hydrogen-bond donors (Lipinski definition) is 2. The van der Waals surface area contributed by atoms with Gasteiger partial charge in [0.1, 0.15) is 10.8 Å². The molecule has 0 bridgehead atoms. The Morgan fingerprint density at radius 2 is 1.87 bits per heavy atom. The standard InChI is InChI=1S/C21H22ClFN2O4S/c1-10(2)18(26)25-20-17(13-5-4-6-16(13)30-20)21(28)29-11(3)19(27)24-15-8-7-12(23)9-14(15)22/h7-11H,4-6H2,1-3H3,(H,24,27)(H,25,26). The number of ether oxygens (including phenoxy) is 1. The summed E-state index contributed by atoms with van der Waals surface area (Å²) in [4.78, 5) is 38.5. The van der Waals surface area contributed by atoms with E-state index < -0.39 is 23.8 Å². The summed E-state index contributed by atoms with van der Waals surface area (Å²) in [5, 5.41) is 5.81. The van der Waals surface area contributed by atoms with E-state index >= 15 is 0 Å². The van der Waals surface area contributed by atoms with Crippen LogP contribution in [0, 0.1) is 11.7 Å². The first-order chi connectivity index (χ1) is 14.2. The number of nitrogens with one attached hydrogen (secondary N) is 2. The molecule has 1 aliphatic rings. The van der Waals surface area contributed by atoms with Crippen molar-refractivity contribution < 1.29 is 23.5 Å². The molecule has 1 unspecified atom stereocenters. The zero-order valence-electron chi connectivity index (χ0n) is 16.8. The summed E-state index contributed by atoms with van der Waals surface area (Å²) in [6.45, 7) is 4.97. The fourth-order valence-corrected chi connectivity index (χ4v) is 4.56. The van der Waals surface area contributed by atoms with E-state index in [1.165, 1.54) is 24.3 Å². The van der Waals surface area contributed by atoms with Gasteiger partial charge in [0.05, 0.1) is 16.3 Å². The number of fused-ring (bicyclic) bond motifs is 1. The van der Waals surface area contributed by atoms with Gasteiger partial charge in [-0.25, -0.2) is 9.18 Å². The van der Waals surface area contributed by atoms with Gasteiger partial charge in [-0.1, -0.05) is 25.4 Å². The van der Waals surface area contributed by atoms with Gasteiger partial charge in [0.15, 0.2) is 6.10 Å². The molecule has 1 atom stereocenters. The number of carbonyl (C=O) groups excluding carboxylic acids is 3. The lowest BCUT2D eigenvalue weighted by Crippen LogP contribution is -2.30. The highest BCUT2D eigenvalue weighted by molar-refractivity contribution is 7.17. The van der Waals surface area contributed by atoms with Crippen LogP contribution in [-0.4, -0.2) is 23.9 Å². The van der Waals surface area contributed by atoms with Crippen LogP contribution in [0.1, 0.15) is 48.0 Å². The summed E-state index contributed by atoms with van der Waals surface area (Å²) in [5.41, 5.74) is 1.41. The molecular formula is C21H22ClFN2O4S. The number of rotatable bonds is 6. The van der Waals surface area contributed by atoms with Crippen molar-refractivity contribution in [1.29, 1.82) is 0 Å². The molecule has 6 nitrogen and oxygen atoms in total. The van der Waals surface area contributed by atoms with E-state index in [1.54, 1.807) is 13.8 Å². The van der Waals surface area contributed by atoms with Gasteiger partial charge in [-0.3, -0.25) is 9.59 Å². The lowest BCUT2D eigenvalue weighted by molar-refractivity contribution is -0.123. The summed E-state index contributed by atoms with van der Waals surface area (Å²) in [7, 11) is 0. The van der Waals surface area contributed by atoms with Crippen molar-refractivity contribution in [3.63, 3.8) is 0 Å². The highest BCUT2D eigenvalue weighted by Gasteiger charge is 2.30. The van der Waals surface area contributed by atoms with E-state index in [9.17, 15) is 18.8 Å². The van der Waals surface area contributed by atoms with Crippen LogP contribution >= 0.6 is 22.9 Å². The van der Waals surface area contributed by atoms with Crippen LogP contribution in [-0.2, 0) is 27.2 Å². The van der Waals surface area contributed by atoms with Crippen molar-refractivity contribution in [1.82, 2.24) is 0 Å². The molecule has 2 amide bonds. The molecule has 2 aromatic rings. The van der Waals surface area contributed by atoms with Crippen LogP contribution in [0.25, 0.3) is 0 Å². The summed E-state index contributed by atoms with van der Waals surface area (Å²) in [6.07, 6.45) is 1.37. The number of hydrogen-bond acceptors (Lipinski definition) is 5. The molecule has 1 aromatic carbocycles. The molecule has 0 aliphatic heterocycles. The molecular weight excluding hydrogens is 431 g/mol. The Kier molecular flexibility index (Phi) is 6.77. The van der Waals surface area contributed by atoms with Gasteiger partial charge in [0, 0.05) is 10.8 Å². The Balaban J connectivity index is 1.75. The number of thiophene rings is 1. The number of aryl methyl sites for hydroxylation is 1. The minimum atomic E-state index is -1.12. The Labute approximate surface area is 182 Å². The molecule has 1 aliphatic carbocycles. The zero-order valence-corrected chi connectivity index (χ0v) is 18.4. The number of amides is 2. The van der Waals surface area contributed by atoms with Crippen LogP contribution in [0.15, 0.2) is 18.2 Å². The monoisotopic (exact) mass is 452 g/mol. The molecule has 2 N–H and O–H groups in total. The molecule has 0 saturated heterocycles. The van der Waals surface area contributed by atoms with Gasteiger partial charge in [-0.05, 0) is 49.9 Å². The second kappa shape index (κ2) is 9.14. The number of esters is 1. The van der Waals surface area contributed by atoms with Crippen molar-refractivity contribution >= 4 is 51.4 Å². The van der Waals surface area contributed by atoms with Gasteiger partial charge in [0.25, 0.3) is 5.91 Å². The molecule has 0 spiro atoms. The predicted molar refractivity (Wildman–Crippen MR) is 115 cm³/mol. The highest BCUT2D eigenvalue weighted by atomic mass is 35.5. The van der Waals surface area contributed by atoms with Crippen molar-refractivity contribution in [2.75, 3.05) is 10.6 Å². The first-order valence-corrected chi connectivity index (χ1v) is 10.8. The molecule has 1 aromatic heterocycles. The van der Waals surface area contributed by atoms with Gasteiger partial charge >= 0.3 is 5.97 Å². The number of carbonyl (C=O) groups is 3. The molecule has 1 heterocycles. The lowest BCUT2D eigenvalue weighted by Gasteiger charge is -2.15.